The zero-order valence-corrected chi connectivity index (χ0v) is 12.4. The van der Waals surface area contributed by atoms with Crippen LogP contribution >= 0.6 is 0 Å². The van der Waals surface area contributed by atoms with Crippen molar-refractivity contribution in [1.82, 2.24) is 19.9 Å². The number of alkyl halides is 3. The van der Waals surface area contributed by atoms with Crippen LogP contribution in [0.1, 0.15) is 5.69 Å². The summed E-state index contributed by atoms with van der Waals surface area (Å²) in [5.74, 6) is 0.662. The number of aromatic nitrogens is 4. The molecule has 0 atom stereocenters. The first-order chi connectivity index (χ1) is 11.5. The minimum atomic E-state index is -4.54. The topological polar surface area (TPSA) is 66.6 Å². The first kappa shape index (κ1) is 14.6. The van der Waals surface area contributed by atoms with E-state index < -0.39 is 11.9 Å². The molecule has 122 valence electrons. The fourth-order valence-corrected chi connectivity index (χ4v) is 2.76. The molecular weight excluding hydrogens is 321 g/mol. The van der Waals surface area contributed by atoms with E-state index in [1.807, 2.05) is 12.1 Å². The SMILES string of the molecule is COc1ccc2[nH]cc(-c3cc4c(C(F)(F)F)ncnc4[nH]3)c2c1. The third kappa shape index (κ3) is 2.18. The summed E-state index contributed by atoms with van der Waals surface area (Å²) in [6, 6.07) is 6.89. The molecule has 0 spiro atoms. The van der Waals surface area contributed by atoms with Crippen LogP contribution in [0.4, 0.5) is 13.2 Å². The Balaban J connectivity index is 1.94. The van der Waals surface area contributed by atoms with Gasteiger partial charge in [-0.05, 0) is 24.3 Å². The zero-order chi connectivity index (χ0) is 16.9. The summed E-state index contributed by atoms with van der Waals surface area (Å²) in [5, 5.41) is 0.777. The van der Waals surface area contributed by atoms with Gasteiger partial charge in [-0.1, -0.05) is 0 Å². The van der Waals surface area contributed by atoms with Crippen molar-refractivity contribution in [1.29, 1.82) is 0 Å². The molecule has 4 aromatic rings. The molecule has 0 fully saturated rings. The van der Waals surface area contributed by atoms with Crippen LogP contribution in [0.2, 0.25) is 0 Å². The maximum atomic E-state index is 13.1. The van der Waals surface area contributed by atoms with Crippen molar-refractivity contribution in [2.24, 2.45) is 0 Å². The molecule has 2 N–H and O–H groups in total. The van der Waals surface area contributed by atoms with E-state index in [0.29, 0.717) is 11.4 Å². The number of hydrogen-bond acceptors (Lipinski definition) is 3. The van der Waals surface area contributed by atoms with Crippen molar-refractivity contribution < 1.29 is 17.9 Å². The molecule has 4 rings (SSSR count). The van der Waals surface area contributed by atoms with E-state index in [0.717, 1.165) is 22.8 Å². The third-order valence-corrected chi connectivity index (χ3v) is 3.87. The number of nitrogens with zero attached hydrogens (tertiary/aromatic N) is 2. The molecule has 0 saturated heterocycles. The van der Waals surface area contributed by atoms with Crippen LogP contribution in [-0.2, 0) is 6.18 Å². The van der Waals surface area contributed by atoms with Crippen LogP contribution in [0.5, 0.6) is 5.75 Å². The van der Waals surface area contributed by atoms with E-state index in [1.165, 1.54) is 6.07 Å². The highest BCUT2D eigenvalue weighted by Crippen LogP contribution is 2.36. The lowest BCUT2D eigenvalue weighted by molar-refractivity contribution is -0.139. The van der Waals surface area contributed by atoms with Crippen molar-refractivity contribution in [2.75, 3.05) is 7.11 Å². The number of rotatable bonds is 2. The predicted octanol–water partition coefficient (Wildman–Crippen LogP) is 4.13. The Bertz CT molecular complexity index is 1050. The summed E-state index contributed by atoms with van der Waals surface area (Å²) in [7, 11) is 1.56. The molecule has 5 nitrogen and oxygen atoms in total. The number of methoxy groups -OCH3 is 1. The van der Waals surface area contributed by atoms with Gasteiger partial charge < -0.3 is 14.7 Å². The highest BCUT2D eigenvalue weighted by Gasteiger charge is 2.35. The molecule has 3 heterocycles. The normalized spacial score (nSPS) is 12.2. The lowest BCUT2D eigenvalue weighted by Gasteiger charge is -2.04. The summed E-state index contributed by atoms with van der Waals surface area (Å²) in [4.78, 5) is 13.3. The van der Waals surface area contributed by atoms with Crippen LogP contribution < -0.4 is 4.74 Å². The number of hydrogen-bond donors (Lipinski definition) is 2. The Kier molecular flexibility index (Phi) is 3.02. The number of halogens is 3. The van der Waals surface area contributed by atoms with E-state index in [2.05, 4.69) is 19.9 Å². The fourth-order valence-electron chi connectivity index (χ4n) is 2.76. The Morgan fingerprint density at radius 3 is 2.67 bits per heavy atom. The molecule has 0 bridgehead atoms. The molecule has 0 amide bonds. The quantitative estimate of drug-likeness (QED) is 0.580. The van der Waals surface area contributed by atoms with Crippen LogP contribution in [0, 0.1) is 0 Å². The lowest BCUT2D eigenvalue weighted by Crippen LogP contribution is -2.08. The molecule has 0 saturated carbocycles. The Hall–Kier alpha value is -3.03. The molecule has 0 radical (unpaired) electrons. The van der Waals surface area contributed by atoms with Gasteiger partial charge in [0.2, 0.25) is 0 Å². The van der Waals surface area contributed by atoms with Crippen molar-refractivity contribution in [3.63, 3.8) is 0 Å². The fraction of sp³-hybridized carbons (Fsp3) is 0.125. The van der Waals surface area contributed by atoms with Crippen LogP contribution in [0.25, 0.3) is 33.2 Å². The number of ether oxygens (including phenoxy) is 1. The summed E-state index contributed by atoms with van der Waals surface area (Å²) in [5.41, 5.74) is 1.30. The molecular formula is C16H11F3N4O. The average molecular weight is 332 g/mol. The van der Waals surface area contributed by atoms with Gasteiger partial charge in [-0.3, -0.25) is 0 Å². The Morgan fingerprint density at radius 2 is 1.92 bits per heavy atom. The lowest BCUT2D eigenvalue weighted by atomic mass is 10.1. The second kappa shape index (κ2) is 4.98. The maximum Gasteiger partial charge on any atom is 0.434 e. The number of benzene rings is 1. The van der Waals surface area contributed by atoms with Crippen LogP contribution in [0.15, 0.2) is 36.8 Å². The second-order valence-corrected chi connectivity index (χ2v) is 5.28. The summed E-state index contributed by atoms with van der Waals surface area (Å²) >= 11 is 0. The van der Waals surface area contributed by atoms with Gasteiger partial charge in [-0.15, -0.1) is 0 Å². The third-order valence-electron chi connectivity index (χ3n) is 3.87. The van der Waals surface area contributed by atoms with Gasteiger partial charge >= 0.3 is 6.18 Å². The summed E-state index contributed by atoms with van der Waals surface area (Å²) < 4.78 is 44.5. The number of nitrogens with one attached hydrogen (secondary N) is 2. The number of H-pyrrole nitrogens is 2. The van der Waals surface area contributed by atoms with Crippen molar-refractivity contribution in [3.05, 3.63) is 42.5 Å². The van der Waals surface area contributed by atoms with E-state index in [1.54, 1.807) is 19.4 Å². The molecule has 24 heavy (non-hydrogen) atoms. The van der Waals surface area contributed by atoms with Crippen molar-refractivity contribution in [2.45, 2.75) is 6.18 Å². The largest absolute Gasteiger partial charge is 0.497 e. The molecule has 1 aromatic carbocycles. The highest BCUT2D eigenvalue weighted by atomic mass is 19.4. The van der Waals surface area contributed by atoms with Gasteiger partial charge in [0.15, 0.2) is 5.69 Å². The summed E-state index contributed by atoms with van der Waals surface area (Å²) in [6.45, 7) is 0. The molecule has 0 aliphatic carbocycles. The number of aromatic amines is 2. The maximum absolute atomic E-state index is 13.1. The van der Waals surface area contributed by atoms with E-state index in [-0.39, 0.29) is 11.0 Å². The van der Waals surface area contributed by atoms with Crippen molar-refractivity contribution in [3.8, 4) is 17.0 Å². The Labute approximate surface area is 133 Å². The second-order valence-electron chi connectivity index (χ2n) is 5.28. The molecule has 0 aliphatic rings. The first-order valence-electron chi connectivity index (χ1n) is 7.04. The van der Waals surface area contributed by atoms with Gasteiger partial charge in [-0.2, -0.15) is 13.2 Å². The van der Waals surface area contributed by atoms with Gasteiger partial charge in [-0.25, -0.2) is 9.97 Å². The standard InChI is InChI=1S/C16H11F3N4O/c1-24-8-2-3-12-9(4-8)11(6-20-12)13-5-10-14(16(17,18)19)21-7-22-15(10)23-13/h2-7,20H,1H3,(H,21,22,23). The molecule has 8 heteroatoms. The van der Waals surface area contributed by atoms with Gasteiger partial charge in [0.05, 0.1) is 12.5 Å². The van der Waals surface area contributed by atoms with Crippen LogP contribution in [0.3, 0.4) is 0 Å². The first-order valence-corrected chi connectivity index (χ1v) is 7.04. The predicted molar refractivity (Wildman–Crippen MR) is 82.7 cm³/mol. The molecule has 0 aliphatic heterocycles. The summed E-state index contributed by atoms with van der Waals surface area (Å²) in [6.07, 6.45) is -1.90. The molecule has 3 aromatic heterocycles. The van der Waals surface area contributed by atoms with Gasteiger partial charge in [0.25, 0.3) is 0 Å². The molecule has 0 unspecified atom stereocenters. The Morgan fingerprint density at radius 1 is 1.08 bits per heavy atom. The van der Waals surface area contributed by atoms with E-state index in [4.69, 9.17) is 4.74 Å². The zero-order valence-electron chi connectivity index (χ0n) is 12.4. The van der Waals surface area contributed by atoms with E-state index >= 15 is 0 Å². The highest BCUT2D eigenvalue weighted by molar-refractivity contribution is 5.98. The average Bonchev–Trinajstić information content (AvgIpc) is 3.16. The van der Waals surface area contributed by atoms with E-state index in [9.17, 15) is 13.2 Å². The van der Waals surface area contributed by atoms with Gasteiger partial charge in [0.1, 0.15) is 17.7 Å². The minimum Gasteiger partial charge on any atom is -0.497 e. The van der Waals surface area contributed by atoms with Crippen molar-refractivity contribution >= 4 is 21.9 Å². The monoisotopic (exact) mass is 332 g/mol. The number of fused-ring (bicyclic) bond motifs is 2. The smallest absolute Gasteiger partial charge is 0.434 e. The van der Waals surface area contributed by atoms with Crippen LogP contribution in [-0.4, -0.2) is 27.0 Å². The minimum absolute atomic E-state index is 0.0581. The van der Waals surface area contributed by atoms with Gasteiger partial charge in [0, 0.05) is 28.4 Å².